The van der Waals surface area contributed by atoms with Crippen molar-refractivity contribution in [1.82, 2.24) is 10.7 Å². The van der Waals surface area contributed by atoms with Crippen LogP contribution in [0.5, 0.6) is 5.75 Å². The number of nitrogens with zero attached hydrogens (tertiary/aromatic N) is 1. The first-order valence-corrected chi connectivity index (χ1v) is 8.34. The number of methoxy groups -OCH3 is 1. The fourth-order valence-corrected chi connectivity index (χ4v) is 2.22. The van der Waals surface area contributed by atoms with Gasteiger partial charge in [0, 0.05) is 22.8 Å². The van der Waals surface area contributed by atoms with Crippen molar-refractivity contribution in [2.75, 3.05) is 7.11 Å². The number of hydrazone groups is 1. The van der Waals surface area contributed by atoms with Crippen LogP contribution in [0.15, 0.2) is 53.6 Å². The molecule has 0 unspecified atom stereocenters. The molecule has 0 saturated carbocycles. The van der Waals surface area contributed by atoms with Gasteiger partial charge in [-0.2, -0.15) is 5.10 Å². The van der Waals surface area contributed by atoms with Crippen molar-refractivity contribution in [2.45, 2.75) is 19.9 Å². The van der Waals surface area contributed by atoms with E-state index in [0.717, 1.165) is 11.3 Å². The molecule has 7 heteroatoms. The van der Waals surface area contributed by atoms with Crippen molar-refractivity contribution in [3.05, 3.63) is 64.7 Å². The molecule has 0 aromatic heterocycles. The lowest BCUT2D eigenvalue weighted by Gasteiger charge is -2.07. The van der Waals surface area contributed by atoms with E-state index in [0.29, 0.717) is 22.8 Å². The van der Waals surface area contributed by atoms with Crippen LogP contribution in [0, 0.1) is 0 Å². The van der Waals surface area contributed by atoms with Crippen LogP contribution in [-0.2, 0) is 11.3 Å². The maximum Gasteiger partial charge on any atom is 0.271 e. The number of halogens is 1. The summed E-state index contributed by atoms with van der Waals surface area (Å²) < 4.78 is 5.09. The Kier molecular flexibility index (Phi) is 7.17. The second kappa shape index (κ2) is 9.58. The molecule has 2 aromatic carbocycles. The highest BCUT2D eigenvalue weighted by molar-refractivity contribution is 6.30. The molecule has 0 bridgehead atoms. The fraction of sp³-hybridized carbons (Fsp3) is 0.211. The maximum atomic E-state index is 12.0. The van der Waals surface area contributed by atoms with Crippen LogP contribution in [0.4, 0.5) is 0 Å². The first-order chi connectivity index (χ1) is 12.5. The second-order valence-electron chi connectivity index (χ2n) is 5.60. The average Bonchev–Trinajstić information content (AvgIpc) is 2.65. The highest BCUT2D eigenvalue weighted by Gasteiger charge is 2.07. The number of benzene rings is 2. The zero-order valence-corrected chi connectivity index (χ0v) is 15.3. The summed E-state index contributed by atoms with van der Waals surface area (Å²) in [5.74, 6) is 0.224. The van der Waals surface area contributed by atoms with Crippen molar-refractivity contribution in [2.24, 2.45) is 5.10 Å². The smallest absolute Gasteiger partial charge is 0.271 e. The van der Waals surface area contributed by atoms with Crippen molar-refractivity contribution in [3.63, 3.8) is 0 Å². The summed E-state index contributed by atoms with van der Waals surface area (Å²) in [6.07, 6.45) is 0.0943. The number of ether oxygens (including phenoxy) is 1. The summed E-state index contributed by atoms with van der Waals surface area (Å²) in [7, 11) is 1.60. The minimum atomic E-state index is -0.361. The highest BCUT2D eigenvalue weighted by atomic mass is 35.5. The van der Waals surface area contributed by atoms with Crippen molar-refractivity contribution >= 4 is 29.1 Å². The van der Waals surface area contributed by atoms with Crippen molar-refractivity contribution in [3.8, 4) is 5.75 Å². The van der Waals surface area contributed by atoms with Gasteiger partial charge in [-0.05, 0) is 48.9 Å². The molecule has 6 nitrogen and oxygen atoms in total. The lowest BCUT2D eigenvalue weighted by molar-refractivity contribution is -0.120. The predicted molar refractivity (Wildman–Crippen MR) is 101 cm³/mol. The third kappa shape index (κ3) is 6.22. The van der Waals surface area contributed by atoms with E-state index < -0.39 is 0 Å². The van der Waals surface area contributed by atoms with Crippen LogP contribution >= 0.6 is 11.6 Å². The minimum Gasteiger partial charge on any atom is -0.497 e. The molecule has 0 heterocycles. The minimum absolute atomic E-state index is 0.0943. The summed E-state index contributed by atoms with van der Waals surface area (Å²) in [6.45, 7) is 2.09. The molecule has 2 rings (SSSR count). The Labute approximate surface area is 157 Å². The van der Waals surface area contributed by atoms with Gasteiger partial charge in [0.25, 0.3) is 5.91 Å². The number of hydrogen-bond acceptors (Lipinski definition) is 4. The third-order valence-electron chi connectivity index (χ3n) is 3.52. The first-order valence-electron chi connectivity index (χ1n) is 7.96. The largest absolute Gasteiger partial charge is 0.497 e. The zero-order chi connectivity index (χ0) is 18.9. The Hall–Kier alpha value is -2.86. The van der Waals surface area contributed by atoms with Crippen molar-refractivity contribution < 1.29 is 14.3 Å². The van der Waals surface area contributed by atoms with Gasteiger partial charge in [-0.25, -0.2) is 5.43 Å². The van der Waals surface area contributed by atoms with E-state index in [2.05, 4.69) is 15.8 Å². The molecule has 0 spiro atoms. The molecule has 0 saturated heterocycles. The summed E-state index contributed by atoms with van der Waals surface area (Å²) in [5, 5.41) is 7.30. The van der Waals surface area contributed by atoms with Gasteiger partial charge in [-0.1, -0.05) is 23.7 Å². The summed E-state index contributed by atoms with van der Waals surface area (Å²) in [5.41, 5.74) is 4.32. The maximum absolute atomic E-state index is 12.0. The zero-order valence-electron chi connectivity index (χ0n) is 14.6. The Morgan fingerprint density at radius 1 is 1.08 bits per heavy atom. The quantitative estimate of drug-likeness (QED) is 0.578. The molecule has 0 aliphatic heterocycles. The Morgan fingerprint density at radius 2 is 1.73 bits per heavy atom. The van der Waals surface area contributed by atoms with Gasteiger partial charge in [0.15, 0.2) is 0 Å². The number of carbonyl (C=O) groups excluding carboxylic acids is 2. The number of nitrogens with one attached hydrogen (secondary N) is 2. The van der Waals surface area contributed by atoms with Crippen LogP contribution in [0.25, 0.3) is 0 Å². The van der Waals surface area contributed by atoms with Gasteiger partial charge in [-0.15, -0.1) is 0 Å². The number of carbonyl (C=O) groups is 2. The molecular formula is C19H20ClN3O3. The SMILES string of the molecule is COc1ccc(CNC(=O)C/C(C)=N/NC(=O)c2ccc(Cl)cc2)cc1. The van der Waals surface area contributed by atoms with Gasteiger partial charge in [0.05, 0.1) is 13.5 Å². The normalized spacial score (nSPS) is 11.0. The van der Waals surface area contributed by atoms with Gasteiger partial charge in [0.1, 0.15) is 5.75 Å². The Bertz CT molecular complexity index is 787. The van der Waals surface area contributed by atoms with E-state index in [1.807, 2.05) is 24.3 Å². The summed E-state index contributed by atoms with van der Waals surface area (Å²) in [6, 6.07) is 13.9. The predicted octanol–water partition coefficient (Wildman–Crippen LogP) is 3.16. The van der Waals surface area contributed by atoms with Crippen molar-refractivity contribution in [1.29, 1.82) is 0 Å². The molecular weight excluding hydrogens is 354 g/mol. The van der Waals surface area contributed by atoms with E-state index in [9.17, 15) is 9.59 Å². The van der Waals surface area contributed by atoms with E-state index in [-0.39, 0.29) is 18.2 Å². The van der Waals surface area contributed by atoms with Crippen LogP contribution in [0.3, 0.4) is 0 Å². The van der Waals surface area contributed by atoms with Gasteiger partial charge >= 0.3 is 0 Å². The average molecular weight is 374 g/mol. The molecule has 0 radical (unpaired) electrons. The summed E-state index contributed by atoms with van der Waals surface area (Å²) >= 11 is 5.78. The Morgan fingerprint density at radius 3 is 2.35 bits per heavy atom. The number of rotatable bonds is 7. The van der Waals surface area contributed by atoms with E-state index in [1.54, 1.807) is 38.3 Å². The highest BCUT2D eigenvalue weighted by Crippen LogP contribution is 2.11. The molecule has 2 amide bonds. The Balaban J connectivity index is 1.78. The van der Waals surface area contributed by atoms with Crippen LogP contribution in [0.2, 0.25) is 5.02 Å². The number of amides is 2. The van der Waals surface area contributed by atoms with Crippen LogP contribution < -0.4 is 15.5 Å². The lowest BCUT2D eigenvalue weighted by Crippen LogP contribution is -2.26. The lowest BCUT2D eigenvalue weighted by atomic mass is 10.2. The van der Waals surface area contributed by atoms with Gasteiger partial charge < -0.3 is 10.1 Å². The van der Waals surface area contributed by atoms with E-state index >= 15 is 0 Å². The number of hydrogen-bond donors (Lipinski definition) is 2. The second-order valence-corrected chi connectivity index (χ2v) is 6.03. The molecule has 2 N–H and O–H groups in total. The fourth-order valence-electron chi connectivity index (χ4n) is 2.09. The standard InChI is InChI=1S/C19H20ClN3O3/c1-13(22-23-19(25)15-5-7-16(20)8-6-15)11-18(24)21-12-14-3-9-17(26-2)10-4-14/h3-10H,11-12H2,1-2H3,(H,21,24)(H,23,25)/b22-13+. The third-order valence-corrected chi connectivity index (χ3v) is 3.77. The summed E-state index contributed by atoms with van der Waals surface area (Å²) in [4.78, 5) is 23.9. The molecule has 0 fully saturated rings. The molecule has 0 aliphatic carbocycles. The molecule has 0 atom stereocenters. The molecule has 136 valence electrons. The molecule has 2 aromatic rings. The van der Waals surface area contributed by atoms with Gasteiger partial charge in [-0.3, -0.25) is 9.59 Å². The monoisotopic (exact) mass is 373 g/mol. The van der Waals surface area contributed by atoms with Gasteiger partial charge in [0.2, 0.25) is 5.91 Å². The first kappa shape index (κ1) is 19.5. The van der Waals surface area contributed by atoms with Crippen LogP contribution in [-0.4, -0.2) is 24.6 Å². The topological polar surface area (TPSA) is 79.8 Å². The van der Waals surface area contributed by atoms with E-state index in [1.165, 1.54) is 0 Å². The van der Waals surface area contributed by atoms with Crippen LogP contribution in [0.1, 0.15) is 29.3 Å². The molecule has 26 heavy (non-hydrogen) atoms. The van der Waals surface area contributed by atoms with E-state index in [4.69, 9.17) is 16.3 Å². The molecule has 0 aliphatic rings.